The van der Waals surface area contributed by atoms with Crippen molar-refractivity contribution in [2.24, 2.45) is 15.8 Å². The van der Waals surface area contributed by atoms with E-state index in [-0.39, 0.29) is 17.7 Å². The molecule has 1 amide bonds. The highest BCUT2D eigenvalue weighted by Crippen LogP contribution is 2.35. The van der Waals surface area contributed by atoms with Gasteiger partial charge in [0.25, 0.3) is 0 Å². The molecule has 0 atom stereocenters. The molecule has 0 aromatic carbocycles. The summed E-state index contributed by atoms with van der Waals surface area (Å²) in [6, 6.07) is 0. The number of hydrogen-bond acceptors (Lipinski definition) is 3. The third-order valence-electron chi connectivity index (χ3n) is 3.06. The molecule has 0 saturated carbocycles. The van der Waals surface area contributed by atoms with Crippen LogP contribution in [0.25, 0.3) is 0 Å². The van der Waals surface area contributed by atoms with Crippen LogP contribution in [0.15, 0.2) is 16.4 Å². The maximum absolute atomic E-state index is 11.5. The standard InChI is InChI=1S/C14H22N2O4/c1-13(2,3)8-7-16(12(19)20)9(11(17)18)10(15-8)14(4,5)6/h7H2,1-6H3,(H,17,18)(H,19,20). The molecule has 0 aliphatic carbocycles. The van der Waals surface area contributed by atoms with Crippen molar-refractivity contribution in [3.05, 3.63) is 11.4 Å². The van der Waals surface area contributed by atoms with Gasteiger partial charge in [-0.05, 0) is 0 Å². The summed E-state index contributed by atoms with van der Waals surface area (Å²) in [6.07, 6.45) is -1.28. The van der Waals surface area contributed by atoms with Gasteiger partial charge in [0.2, 0.25) is 0 Å². The number of carboxylic acid groups (broad SMARTS) is 2. The average molecular weight is 282 g/mol. The minimum Gasteiger partial charge on any atom is -0.477 e. The number of hydrogen-bond donors (Lipinski definition) is 2. The van der Waals surface area contributed by atoms with Crippen LogP contribution in [0, 0.1) is 10.8 Å². The Morgan fingerprint density at radius 1 is 1.05 bits per heavy atom. The lowest BCUT2D eigenvalue weighted by molar-refractivity contribution is -0.134. The van der Waals surface area contributed by atoms with Crippen LogP contribution in [0.5, 0.6) is 0 Å². The van der Waals surface area contributed by atoms with Crippen LogP contribution < -0.4 is 0 Å². The monoisotopic (exact) mass is 282 g/mol. The molecule has 1 aliphatic heterocycles. The van der Waals surface area contributed by atoms with Gasteiger partial charge in [0, 0.05) is 16.5 Å². The fraction of sp³-hybridized carbons (Fsp3) is 0.643. The van der Waals surface area contributed by atoms with Crippen molar-refractivity contribution in [2.45, 2.75) is 41.5 Å². The molecular formula is C14H22N2O4. The van der Waals surface area contributed by atoms with E-state index in [1.54, 1.807) is 0 Å². The van der Waals surface area contributed by atoms with Gasteiger partial charge in [-0.25, -0.2) is 9.59 Å². The first-order chi connectivity index (χ1) is 8.85. The van der Waals surface area contributed by atoms with Crippen molar-refractivity contribution < 1.29 is 19.8 Å². The highest BCUT2D eigenvalue weighted by atomic mass is 16.4. The van der Waals surface area contributed by atoms with Crippen LogP contribution in [0.1, 0.15) is 41.5 Å². The SMILES string of the molecule is CC(C)(C)C1=NC(C(C)(C)C)=C(C(=O)O)N(C(=O)O)C1. The fourth-order valence-electron chi connectivity index (χ4n) is 1.89. The summed E-state index contributed by atoms with van der Waals surface area (Å²) in [5.74, 6) is -1.27. The number of aliphatic carboxylic acids is 1. The van der Waals surface area contributed by atoms with Crippen LogP contribution in [-0.2, 0) is 4.79 Å². The molecule has 0 radical (unpaired) electrons. The number of carboxylic acids is 1. The number of allylic oxidation sites excluding steroid dienone is 1. The second kappa shape index (κ2) is 4.92. The zero-order chi connectivity index (χ0) is 15.9. The molecule has 112 valence electrons. The molecule has 0 fully saturated rings. The largest absolute Gasteiger partial charge is 0.477 e. The summed E-state index contributed by atoms with van der Waals surface area (Å²) in [7, 11) is 0. The Morgan fingerprint density at radius 3 is 1.85 bits per heavy atom. The molecule has 0 aromatic rings. The maximum atomic E-state index is 11.5. The Labute approximate surface area is 118 Å². The van der Waals surface area contributed by atoms with E-state index in [1.165, 1.54) is 0 Å². The number of carbonyl (C=O) groups is 2. The van der Waals surface area contributed by atoms with E-state index in [9.17, 15) is 19.8 Å². The molecule has 1 aliphatic rings. The number of rotatable bonds is 1. The van der Waals surface area contributed by atoms with Crippen LogP contribution in [-0.4, -0.2) is 39.4 Å². The molecule has 1 heterocycles. The van der Waals surface area contributed by atoms with E-state index in [4.69, 9.17) is 0 Å². The van der Waals surface area contributed by atoms with Gasteiger partial charge in [0.15, 0.2) is 5.70 Å². The van der Waals surface area contributed by atoms with Crippen LogP contribution in [0.2, 0.25) is 0 Å². The molecule has 0 unspecified atom stereocenters. The highest BCUT2D eigenvalue weighted by molar-refractivity contribution is 6.00. The lowest BCUT2D eigenvalue weighted by Gasteiger charge is -2.35. The predicted molar refractivity (Wildman–Crippen MR) is 75.7 cm³/mol. The van der Waals surface area contributed by atoms with Gasteiger partial charge < -0.3 is 10.2 Å². The minimum atomic E-state index is -1.28. The van der Waals surface area contributed by atoms with Crippen molar-refractivity contribution >= 4 is 17.8 Å². The van der Waals surface area contributed by atoms with Crippen LogP contribution in [0.3, 0.4) is 0 Å². The second-order valence-electron chi connectivity index (χ2n) is 6.93. The van der Waals surface area contributed by atoms with Gasteiger partial charge in [-0.15, -0.1) is 0 Å². The fourth-order valence-corrected chi connectivity index (χ4v) is 1.89. The Morgan fingerprint density at radius 2 is 1.55 bits per heavy atom. The summed E-state index contributed by atoms with van der Waals surface area (Å²) in [5, 5.41) is 18.6. The number of nitrogens with zero attached hydrogens (tertiary/aromatic N) is 2. The quantitative estimate of drug-likeness (QED) is 0.773. The molecule has 20 heavy (non-hydrogen) atoms. The summed E-state index contributed by atoms with van der Waals surface area (Å²) < 4.78 is 0. The first-order valence-electron chi connectivity index (χ1n) is 6.42. The first-order valence-corrected chi connectivity index (χ1v) is 6.42. The van der Waals surface area contributed by atoms with E-state index in [2.05, 4.69) is 4.99 Å². The van der Waals surface area contributed by atoms with Gasteiger partial charge in [-0.3, -0.25) is 9.89 Å². The first kappa shape index (κ1) is 16.2. The van der Waals surface area contributed by atoms with Crippen molar-refractivity contribution in [1.29, 1.82) is 0 Å². The zero-order valence-corrected chi connectivity index (χ0v) is 12.8. The highest BCUT2D eigenvalue weighted by Gasteiger charge is 2.38. The molecule has 0 spiro atoms. The molecule has 6 nitrogen and oxygen atoms in total. The van der Waals surface area contributed by atoms with Crippen LogP contribution in [0.4, 0.5) is 4.79 Å². The zero-order valence-electron chi connectivity index (χ0n) is 12.8. The van der Waals surface area contributed by atoms with Crippen LogP contribution >= 0.6 is 0 Å². The maximum Gasteiger partial charge on any atom is 0.412 e. The van der Waals surface area contributed by atoms with Gasteiger partial charge in [-0.1, -0.05) is 41.5 Å². The van der Waals surface area contributed by atoms with Gasteiger partial charge in [0.1, 0.15) is 0 Å². The average Bonchev–Trinajstić information content (AvgIpc) is 2.24. The smallest absolute Gasteiger partial charge is 0.412 e. The topological polar surface area (TPSA) is 90.2 Å². The Bertz CT molecular complexity index is 504. The van der Waals surface area contributed by atoms with Crippen molar-refractivity contribution in [3.8, 4) is 0 Å². The third kappa shape index (κ3) is 3.18. The van der Waals surface area contributed by atoms with E-state index in [0.717, 1.165) is 4.90 Å². The summed E-state index contributed by atoms with van der Waals surface area (Å²) in [6.45, 7) is 11.2. The van der Waals surface area contributed by atoms with E-state index >= 15 is 0 Å². The van der Waals surface area contributed by atoms with Crippen molar-refractivity contribution in [2.75, 3.05) is 6.54 Å². The van der Waals surface area contributed by atoms with E-state index in [1.807, 2.05) is 41.5 Å². The molecule has 0 saturated heterocycles. The van der Waals surface area contributed by atoms with Gasteiger partial charge >= 0.3 is 12.1 Å². The Kier molecular flexibility index (Phi) is 3.99. The minimum absolute atomic E-state index is 0.0138. The lowest BCUT2D eigenvalue weighted by atomic mass is 9.85. The molecule has 2 N–H and O–H groups in total. The summed E-state index contributed by atoms with van der Waals surface area (Å²) in [5.41, 5.74) is -0.177. The Balaban J connectivity index is 3.59. The van der Waals surface area contributed by atoms with E-state index < -0.39 is 17.5 Å². The third-order valence-corrected chi connectivity index (χ3v) is 3.06. The molecule has 6 heteroatoms. The summed E-state index contributed by atoms with van der Waals surface area (Å²) >= 11 is 0. The molecule has 1 rings (SSSR count). The lowest BCUT2D eigenvalue weighted by Crippen LogP contribution is -2.45. The molecule has 0 bridgehead atoms. The second-order valence-corrected chi connectivity index (χ2v) is 6.93. The predicted octanol–water partition coefficient (Wildman–Crippen LogP) is 2.81. The Hall–Kier alpha value is -1.85. The number of amides is 1. The van der Waals surface area contributed by atoms with Crippen molar-refractivity contribution in [1.82, 2.24) is 4.90 Å². The van der Waals surface area contributed by atoms with Crippen molar-refractivity contribution in [3.63, 3.8) is 0 Å². The van der Waals surface area contributed by atoms with Gasteiger partial charge in [-0.2, -0.15) is 0 Å². The summed E-state index contributed by atoms with van der Waals surface area (Å²) in [4.78, 5) is 28.2. The molecule has 0 aromatic heterocycles. The number of aliphatic imine (C=N–C) groups is 1. The van der Waals surface area contributed by atoms with E-state index in [0.29, 0.717) is 11.4 Å². The van der Waals surface area contributed by atoms with Gasteiger partial charge in [0.05, 0.1) is 12.2 Å². The molecular weight excluding hydrogens is 260 g/mol. The normalized spacial score (nSPS) is 17.1.